The number of nitriles is 1. The Labute approximate surface area is 182 Å². The molecular weight excluding hydrogens is 417 g/mol. The molecule has 9 heteroatoms. The third-order valence-corrected chi connectivity index (χ3v) is 7.05. The van der Waals surface area contributed by atoms with Gasteiger partial charge in [-0.3, -0.25) is 4.79 Å². The fraction of sp³-hybridized carbons (Fsp3) is 0.364. The molecule has 7 nitrogen and oxygen atoms in total. The highest BCUT2D eigenvalue weighted by Crippen LogP contribution is 2.29. The first kappa shape index (κ1) is 22.7. The third kappa shape index (κ3) is 4.70. The first-order valence-corrected chi connectivity index (χ1v) is 11.6. The van der Waals surface area contributed by atoms with Crippen molar-refractivity contribution in [2.45, 2.75) is 38.1 Å². The summed E-state index contributed by atoms with van der Waals surface area (Å²) in [7, 11) is -1.24. The molecule has 2 atom stereocenters. The monoisotopic (exact) mass is 443 g/mol. The Morgan fingerprint density at radius 3 is 2.84 bits per heavy atom. The second-order valence-electron chi connectivity index (χ2n) is 7.81. The molecule has 1 aliphatic heterocycles. The quantitative estimate of drug-likeness (QED) is 0.728. The molecule has 1 aromatic heterocycles. The number of amides is 1. The van der Waals surface area contributed by atoms with E-state index in [1.54, 1.807) is 23.9 Å². The van der Waals surface area contributed by atoms with Gasteiger partial charge in [-0.1, -0.05) is 26.0 Å². The van der Waals surface area contributed by atoms with Crippen LogP contribution in [0.1, 0.15) is 48.8 Å². The van der Waals surface area contributed by atoms with Crippen molar-refractivity contribution in [1.29, 1.82) is 5.26 Å². The fourth-order valence-electron chi connectivity index (χ4n) is 3.60. The molecule has 31 heavy (non-hydrogen) atoms. The summed E-state index contributed by atoms with van der Waals surface area (Å²) in [6.07, 6.45) is 6.16. The summed E-state index contributed by atoms with van der Waals surface area (Å²) in [6.45, 7) is 6.36. The van der Waals surface area contributed by atoms with Gasteiger partial charge in [0.25, 0.3) is 5.91 Å². The highest BCUT2D eigenvalue weighted by molar-refractivity contribution is 7.91. The molecule has 2 aromatic rings. The number of hydrogen-bond acceptors (Lipinski definition) is 4. The minimum absolute atomic E-state index is 0.147. The van der Waals surface area contributed by atoms with Gasteiger partial charge in [-0.15, -0.1) is 0 Å². The zero-order valence-corrected chi connectivity index (χ0v) is 18.8. The molecule has 0 radical (unpaired) electrons. The molecule has 0 fully saturated rings. The average Bonchev–Trinajstić information content (AvgIpc) is 2.98. The molecule has 1 amide bonds. The molecule has 0 saturated heterocycles. The Morgan fingerprint density at radius 2 is 2.19 bits per heavy atom. The zero-order chi connectivity index (χ0) is 22.8. The number of nitrogens with zero attached hydrogens (tertiary/aromatic N) is 3. The van der Waals surface area contributed by atoms with Crippen LogP contribution in [-0.2, 0) is 17.0 Å². The molecule has 1 aliphatic rings. The van der Waals surface area contributed by atoms with Gasteiger partial charge in [0, 0.05) is 37.1 Å². The summed E-state index contributed by atoms with van der Waals surface area (Å²) in [4.78, 5) is 13.6. The molecular formula is C22H26FN5O2S. The molecule has 0 bridgehead atoms. The van der Waals surface area contributed by atoms with Gasteiger partial charge >= 0.3 is 0 Å². The van der Waals surface area contributed by atoms with Crippen LogP contribution in [0.4, 0.5) is 10.1 Å². The maximum atomic E-state index is 13.8. The smallest absolute Gasteiger partial charge is 0.272 e. The van der Waals surface area contributed by atoms with Gasteiger partial charge in [0.2, 0.25) is 0 Å². The summed E-state index contributed by atoms with van der Waals surface area (Å²) in [5, 5.41) is 11.7. The van der Waals surface area contributed by atoms with E-state index in [2.05, 4.69) is 28.2 Å². The Morgan fingerprint density at radius 1 is 1.45 bits per heavy atom. The van der Waals surface area contributed by atoms with Crippen LogP contribution in [-0.4, -0.2) is 27.3 Å². The van der Waals surface area contributed by atoms with E-state index in [1.165, 1.54) is 12.1 Å². The largest absolute Gasteiger partial charge is 0.345 e. The van der Waals surface area contributed by atoms with Crippen molar-refractivity contribution >= 4 is 27.6 Å². The number of aryl methyl sites for hydroxylation is 1. The maximum absolute atomic E-state index is 13.8. The van der Waals surface area contributed by atoms with Gasteiger partial charge in [0.15, 0.2) is 0 Å². The molecule has 1 aromatic carbocycles. The van der Waals surface area contributed by atoms with Gasteiger partial charge in [-0.05, 0) is 37.5 Å². The molecule has 0 aliphatic carbocycles. The van der Waals surface area contributed by atoms with E-state index >= 15 is 0 Å². The highest BCUT2D eigenvalue weighted by Gasteiger charge is 2.29. The van der Waals surface area contributed by atoms with E-state index in [9.17, 15) is 13.4 Å². The molecule has 0 saturated carbocycles. The van der Waals surface area contributed by atoms with Gasteiger partial charge in [0.1, 0.15) is 27.5 Å². The number of aromatic nitrogens is 1. The summed E-state index contributed by atoms with van der Waals surface area (Å²) >= 11 is 0. The summed E-state index contributed by atoms with van der Waals surface area (Å²) in [6, 6.07) is 5.41. The normalized spacial score (nSPS) is 20.1. The van der Waals surface area contributed by atoms with Crippen LogP contribution in [0.15, 0.2) is 39.7 Å². The minimum atomic E-state index is -2.94. The van der Waals surface area contributed by atoms with Crippen molar-refractivity contribution in [3.63, 3.8) is 0 Å². The van der Waals surface area contributed by atoms with E-state index in [-0.39, 0.29) is 11.6 Å². The lowest BCUT2D eigenvalue weighted by Gasteiger charge is -2.18. The van der Waals surface area contributed by atoms with E-state index in [4.69, 9.17) is 5.26 Å². The molecule has 0 spiro atoms. The fourth-order valence-corrected chi connectivity index (χ4v) is 5.66. The van der Waals surface area contributed by atoms with Crippen molar-refractivity contribution in [3.05, 3.63) is 53.1 Å². The molecule has 1 unspecified atom stereocenters. The minimum Gasteiger partial charge on any atom is -0.345 e. The SMILES string of the molecule is CCN=S1(=O)N[C@@H](CC(C)C)C=Cc2c1cn(C)c2C(=O)Nc1ccc(F)c(C#N)c1. The summed E-state index contributed by atoms with van der Waals surface area (Å²) in [5.74, 6) is -0.726. The predicted octanol–water partition coefficient (Wildman–Crippen LogP) is 4.08. The van der Waals surface area contributed by atoms with Crippen molar-refractivity contribution < 1.29 is 13.4 Å². The van der Waals surface area contributed by atoms with Crippen molar-refractivity contribution in [3.8, 4) is 6.07 Å². The van der Waals surface area contributed by atoms with E-state index in [0.29, 0.717) is 34.3 Å². The number of rotatable bonds is 5. The standard InChI is InChI=1S/C22H26FN5O2S/c1-5-25-31(30)20-13-28(4)21(18(20)8-6-17(27-31)10-14(2)3)22(29)26-16-7-9-19(23)15(11-16)12-24/h6-9,11,13-14,17H,5,10H2,1-4H3,(H,26,29)(H,25,27,30)/t17-,31?/m1/s1. The average molecular weight is 444 g/mol. The van der Waals surface area contributed by atoms with Crippen molar-refractivity contribution in [2.24, 2.45) is 17.3 Å². The van der Waals surface area contributed by atoms with Crippen LogP contribution in [0, 0.1) is 23.1 Å². The lowest BCUT2D eigenvalue weighted by molar-refractivity contribution is 0.101. The molecule has 3 rings (SSSR count). The lowest BCUT2D eigenvalue weighted by Crippen LogP contribution is -2.33. The maximum Gasteiger partial charge on any atom is 0.272 e. The number of carbonyl (C=O) groups is 1. The van der Waals surface area contributed by atoms with Crippen LogP contribution < -0.4 is 10.0 Å². The van der Waals surface area contributed by atoms with Crippen molar-refractivity contribution in [2.75, 3.05) is 11.9 Å². The van der Waals surface area contributed by atoms with Crippen LogP contribution in [0.25, 0.3) is 6.08 Å². The summed E-state index contributed by atoms with van der Waals surface area (Å²) < 4.78 is 36.5. The Balaban J connectivity index is 2.06. The van der Waals surface area contributed by atoms with Crippen LogP contribution in [0.2, 0.25) is 0 Å². The zero-order valence-electron chi connectivity index (χ0n) is 18.0. The highest BCUT2D eigenvalue weighted by atomic mass is 32.2. The van der Waals surface area contributed by atoms with Gasteiger partial charge in [-0.2, -0.15) is 5.26 Å². The Bertz CT molecular complexity index is 1200. The van der Waals surface area contributed by atoms with Crippen LogP contribution in [0.5, 0.6) is 0 Å². The number of halogens is 1. The van der Waals surface area contributed by atoms with Crippen molar-refractivity contribution in [1.82, 2.24) is 9.29 Å². The number of benzene rings is 1. The Hall–Kier alpha value is -2.96. The second-order valence-corrected chi connectivity index (χ2v) is 9.80. The van der Waals surface area contributed by atoms with E-state index in [0.717, 1.165) is 12.5 Å². The topological polar surface area (TPSA) is 99.3 Å². The Kier molecular flexibility index (Phi) is 6.62. The first-order valence-electron chi connectivity index (χ1n) is 10.1. The lowest BCUT2D eigenvalue weighted by atomic mass is 10.0. The molecule has 164 valence electrons. The summed E-state index contributed by atoms with van der Waals surface area (Å²) in [5.41, 5.74) is 0.975. The van der Waals surface area contributed by atoms with Crippen LogP contribution in [0.3, 0.4) is 0 Å². The molecule has 2 heterocycles. The number of nitrogens with one attached hydrogen (secondary N) is 2. The number of carbonyl (C=O) groups excluding carboxylic acids is 1. The number of anilines is 1. The number of hydrogen-bond donors (Lipinski definition) is 2. The third-order valence-electron chi connectivity index (χ3n) is 4.88. The van der Waals surface area contributed by atoms with Gasteiger partial charge in [0.05, 0.1) is 10.5 Å². The van der Waals surface area contributed by atoms with Crippen LogP contribution >= 0.6 is 0 Å². The van der Waals surface area contributed by atoms with E-state index < -0.39 is 21.6 Å². The van der Waals surface area contributed by atoms with Gasteiger partial charge < -0.3 is 9.88 Å². The number of fused-ring (bicyclic) bond motifs is 1. The second kappa shape index (κ2) is 9.04. The predicted molar refractivity (Wildman–Crippen MR) is 119 cm³/mol. The van der Waals surface area contributed by atoms with Gasteiger partial charge in [-0.25, -0.2) is 17.7 Å². The first-order chi connectivity index (χ1) is 14.7. The molecule has 2 N–H and O–H groups in total. The van der Waals surface area contributed by atoms with E-state index in [1.807, 2.05) is 19.1 Å².